The van der Waals surface area contributed by atoms with Gasteiger partial charge in [-0.1, -0.05) is 11.6 Å². The number of benzene rings is 1. The van der Waals surface area contributed by atoms with Gasteiger partial charge in [-0.3, -0.25) is 30.0 Å². The summed E-state index contributed by atoms with van der Waals surface area (Å²) in [5.41, 5.74) is 4.82. The summed E-state index contributed by atoms with van der Waals surface area (Å²) in [6.07, 6.45) is 2.81. The molecular weight excluding hydrogens is 348 g/mol. The first kappa shape index (κ1) is 17.2. The summed E-state index contributed by atoms with van der Waals surface area (Å²) < 4.78 is 0. The second-order valence-electron chi connectivity index (χ2n) is 5.97. The molecular formula is C16H17ClN4O4. The predicted molar refractivity (Wildman–Crippen MR) is 89.8 cm³/mol. The van der Waals surface area contributed by atoms with Crippen molar-refractivity contribution in [3.8, 4) is 0 Å². The fraction of sp³-hybridized carbons (Fsp3) is 0.375. The number of nitrogens with one attached hydrogen (secondary N) is 3. The number of carbonyl (C=O) groups excluding carboxylic acids is 4. The lowest BCUT2D eigenvalue weighted by atomic mass is 10.1. The van der Waals surface area contributed by atoms with Crippen molar-refractivity contribution in [2.45, 2.75) is 31.7 Å². The lowest BCUT2D eigenvalue weighted by Crippen LogP contribution is -2.49. The molecule has 1 saturated heterocycles. The van der Waals surface area contributed by atoms with E-state index < -0.39 is 17.7 Å². The Morgan fingerprint density at radius 2 is 1.88 bits per heavy atom. The maximum atomic E-state index is 12.4. The van der Waals surface area contributed by atoms with Crippen molar-refractivity contribution in [3.05, 3.63) is 28.8 Å². The molecule has 3 rings (SSSR count). The molecule has 1 aliphatic heterocycles. The zero-order valence-electron chi connectivity index (χ0n) is 13.3. The van der Waals surface area contributed by atoms with Gasteiger partial charge in [-0.05, 0) is 37.5 Å². The number of rotatable bonds is 3. The number of carbonyl (C=O) groups is 4. The highest BCUT2D eigenvalue weighted by atomic mass is 35.5. The van der Waals surface area contributed by atoms with Crippen molar-refractivity contribution in [2.24, 2.45) is 0 Å². The molecule has 25 heavy (non-hydrogen) atoms. The molecule has 1 aromatic carbocycles. The van der Waals surface area contributed by atoms with Crippen LogP contribution in [-0.4, -0.2) is 36.2 Å². The fourth-order valence-corrected chi connectivity index (χ4v) is 2.71. The van der Waals surface area contributed by atoms with Crippen LogP contribution < -0.4 is 21.1 Å². The van der Waals surface area contributed by atoms with E-state index in [0.717, 1.165) is 12.8 Å². The van der Waals surface area contributed by atoms with Crippen LogP contribution in [0, 0.1) is 0 Å². The molecule has 1 aromatic rings. The van der Waals surface area contributed by atoms with Gasteiger partial charge in [0.2, 0.25) is 5.91 Å². The molecule has 2 fully saturated rings. The Morgan fingerprint density at radius 1 is 1.12 bits per heavy atom. The van der Waals surface area contributed by atoms with Crippen LogP contribution in [-0.2, 0) is 14.4 Å². The van der Waals surface area contributed by atoms with Gasteiger partial charge in [-0.25, -0.2) is 0 Å². The summed E-state index contributed by atoms with van der Waals surface area (Å²) in [5.74, 6) is -2.48. The first-order chi connectivity index (χ1) is 12.0. The van der Waals surface area contributed by atoms with E-state index in [0.29, 0.717) is 30.1 Å². The molecule has 4 amide bonds. The summed E-state index contributed by atoms with van der Waals surface area (Å²) in [4.78, 5) is 49.0. The van der Waals surface area contributed by atoms with Crippen molar-refractivity contribution in [3.63, 3.8) is 0 Å². The Hall–Kier alpha value is -2.61. The molecule has 0 spiro atoms. The van der Waals surface area contributed by atoms with Crippen LogP contribution in [0.2, 0.25) is 5.02 Å². The molecule has 0 bridgehead atoms. The van der Waals surface area contributed by atoms with Crippen molar-refractivity contribution in [1.29, 1.82) is 0 Å². The van der Waals surface area contributed by atoms with Gasteiger partial charge in [0.05, 0.1) is 11.3 Å². The van der Waals surface area contributed by atoms with Crippen LogP contribution in [0.3, 0.4) is 0 Å². The minimum Gasteiger partial charge on any atom is -0.345 e. The van der Waals surface area contributed by atoms with E-state index >= 15 is 0 Å². The van der Waals surface area contributed by atoms with Gasteiger partial charge in [0.1, 0.15) is 0 Å². The maximum absolute atomic E-state index is 12.4. The van der Waals surface area contributed by atoms with E-state index in [4.69, 9.17) is 11.6 Å². The zero-order valence-corrected chi connectivity index (χ0v) is 14.1. The normalized spacial score (nSPS) is 16.5. The average molecular weight is 365 g/mol. The van der Waals surface area contributed by atoms with Gasteiger partial charge in [-0.2, -0.15) is 0 Å². The zero-order chi connectivity index (χ0) is 18.0. The third kappa shape index (κ3) is 4.08. The Kier molecular flexibility index (Phi) is 4.89. The molecule has 1 saturated carbocycles. The second-order valence-corrected chi connectivity index (χ2v) is 6.40. The molecule has 0 atom stereocenters. The van der Waals surface area contributed by atoms with Crippen LogP contribution in [0.5, 0.6) is 0 Å². The first-order valence-corrected chi connectivity index (χ1v) is 8.34. The molecule has 132 valence electrons. The van der Waals surface area contributed by atoms with E-state index in [-0.39, 0.29) is 17.5 Å². The Balaban J connectivity index is 1.68. The summed E-state index contributed by atoms with van der Waals surface area (Å²) >= 11 is 5.98. The summed E-state index contributed by atoms with van der Waals surface area (Å²) in [5, 5.41) is 2.90. The van der Waals surface area contributed by atoms with Crippen LogP contribution in [0.4, 0.5) is 5.69 Å². The van der Waals surface area contributed by atoms with Gasteiger partial charge in [0, 0.05) is 24.0 Å². The minimum atomic E-state index is -0.951. The van der Waals surface area contributed by atoms with Crippen LogP contribution >= 0.6 is 11.6 Å². The molecule has 9 heteroatoms. The van der Waals surface area contributed by atoms with Crippen LogP contribution in [0.1, 0.15) is 36.0 Å². The number of amides is 4. The smallest absolute Gasteiger partial charge is 0.327 e. The molecule has 1 aliphatic carbocycles. The van der Waals surface area contributed by atoms with E-state index in [9.17, 15) is 19.2 Å². The van der Waals surface area contributed by atoms with E-state index in [1.165, 1.54) is 23.1 Å². The number of hydrazine groups is 1. The Morgan fingerprint density at radius 3 is 2.52 bits per heavy atom. The second kappa shape index (κ2) is 7.10. The molecule has 3 N–H and O–H groups in total. The number of halogens is 1. The quantitative estimate of drug-likeness (QED) is 0.536. The van der Waals surface area contributed by atoms with E-state index in [1.807, 2.05) is 0 Å². The first-order valence-electron chi connectivity index (χ1n) is 7.97. The highest BCUT2D eigenvalue weighted by Gasteiger charge is 2.28. The molecule has 8 nitrogen and oxygen atoms in total. The third-order valence-electron chi connectivity index (χ3n) is 3.98. The topological polar surface area (TPSA) is 108 Å². The molecule has 0 radical (unpaired) electrons. The monoisotopic (exact) mass is 364 g/mol. The van der Waals surface area contributed by atoms with Crippen molar-refractivity contribution in [2.75, 3.05) is 11.4 Å². The molecule has 0 unspecified atom stereocenters. The average Bonchev–Trinajstić information content (AvgIpc) is 3.30. The number of nitrogens with zero attached hydrogens (tertiary/aromatic N) is 1. The van der Waals surface area contributed by atoms with Gasteiger partial charge in [0.25, 0.3) is 5.91 Å². The van der Waals surface area contributed by atoms with Crippen molar-refractivity contribution < 1.29 is 19.2 Å². The number of hydrogen-bond acceptors (Lipinski definition) is 4. The Bertz CT molecular complexity index is 748. The van der Waals surface area contributed by atoms with Crippen molar-refractivity contribution in [1.82, 2.24) is 16.2 Å². The molecule has 0 aromatic heterocycles. The molecule has 2 aliphatic rings. The standard InChI is InChI=1S/C16H17ClN4O4/c17-9-3-6-11(12(8-9)21-7-1-2-13(21)22)14(23)19-20-16(25)15(24)18-10-4-5-10/h3,6,8,10H,1-2,4-5,7H2,(H,18,24)(H,19,23)(H,20,25). The van der Waals surface area contributed by atoms with Crippen LogP contribution in [0.15, 0.2) is 18.2 Å². The van der Waals surface area contributed by atoms with Crippen LogP contribution in [0.25, 0.3) is 0 Å². The van der Waals surface area contributed by atoms with Gasteiger partial charge in [-0.15, -0.1) is 0 Å². The van der Waals surface area contributed by atoms with Gasteiger partial charge in [0.15, 0.2) is 0 Å². The summed E-state index contributed by atoms with van der Waals surface area (Å²) in [6, 6.07) is 4.55. The van der Waals surface area contributed by atoms with Gasteiger partial charge < -0.3 is 10.2 Å². The summed E-state index contributed by atoms with van der Waals surface area (Å²) in [6.45, 7) is 0.496. The SMILES string of the molecule is O=C(NNC(=O)c1ccc(Cl)cc1N1CCCC1=O)C(=O)NC1CC1. The number of hydrogen-bond donors (Lipinski definition) is 3. The largest absolute Gasteiger partial charge is 0.345 e. The summed E-state index contributed by atoms with van der Waals surface area (Å²) in [7, 11) is 0. The van der Waals surface area contributed by atoms with E-state index in [1.54, 1.807) is 0 Å². The van der Waals surface area contributed by atoms with E-state index in [2.05, 4.69) is 16.2 Å². The minimum absolute atomic E-state index is 0.0398. The highest BCUT2D eigenvalue weighted by Crippen LogP contribution is 2.28. The maximum Gasteiger partial charge on any atom is 0.327 e. The third-order valence-corrected chi connectivity index (χ3v) is 4.21. The lowest BCUT2D eigenvalue weighted by Gasteiger charge is -2.19. The fourth-order valence-electron chi connectivity index (χ4n) is 2.54. The Labute approximate surface area is 148 Å². The van der Waals surface area contributed by atoms with Crippen molar-refractivity contribution >= 4 is 40.9 Å². The number of anilines is 1. The van der Waals surface area contributed by atoms with Gasteiger partial charge >= 0.3 is 11.8 Å². The highest BCUT2D eigenvalue weighted by molar-refractivity contribution is 6.35. The predicted octanol–water partition coefficient (Wildman–Crippen LogP) is 0.506. The lowest BCUT2D eigenvalue weighted by molar-refractivity contribution is -0.139. The molecule has 1 heterocycles.